The van der Waals surface area contributed by atoms with E-state index in [0.29, 0.717) is 16.5 Å². The smallest absolute Gasteiger partial charge is 0.386 e. The highest BCUT2D eigenvalue weighted by molar-refractivity contribution is 7.93. The molecular weight excluding hydrogens is 379 g/mol. The Kier molecular flexibility index (Phi) is 3.94. The molecule has 0 aromatic heterocycles. The van der Waals surface area contributed by atoms with E-state index in [1.54, 1.807) is 30.3 Å². The highest BCUT2D eigenvalue weighted by Gasteiger charge is 2.39. The van der Waals surface area contributed by atoms with Crippen LogP contribution in [0.4, 0.5) is 18.9 Å². The van der Waals surface area contributed by atoms with Gasteiger partial charge in [-0.25, -0.2) is 8.42 Å². The van der Waals surface area contributed by atoms with Gasteiger partial charge in [0.25, 0.3) is 10.0 Å². The molecule has 1 heterocycles. The quantitative estimate of drug-likeness (QED) is 0.729. The molecule has 140 valence electrons. The van der Waals surface area contributed by atoms with Gasteiger partial charge in [-0.1, -0.05) is 42.5 Å². The van der Waals surface area contributed by atoms with Gasteiger partial charge in [-0.3, -0.25) is 4.31 Å². The zero-order valence-corrected chi connectivity index (χ0v) is 14.6. The average molecular weight is 393 g/mol. The molecule has 8 heteroatoms. The van der Waals surface area contributed by atoms with Crippen molar-refractivity contribution < 1.29 is 26.7 Å². The Morgan fingerprint density at radius 1 is 0.963 bits per heavy atom. The van der Waals surface area contributed by atoms with Crippen molar-refractivity contribution in [1.82, 2.24) is 0 Å². The number of sulfonamides is 1. The molecule has 0 saturated carbocycles. The van der Waals surface area contributed by atoms with E-state index in [0.717, 1.165) is 16.4 Å². The third-order valence-electron chi connectivity index (χ3n) is 4.65. The SMILES string of the molecule is O=S1(=O)c2cccc3cccc(c23)N1CC(O)c1ccccc1C(F)(F)F. The van der Waals surface area contributed by atoms with E-state index in [-0.39, 0.29) is 10.5 Å². The lowest BCUT2D eigenvalue weighted by atomic mass is 10.0. The van der Waals surface area contributed by atoms with Crippen LogP contribution in [-0.4, -0.2) is 20.1 Å². The number of hydrogen-bond acceptors (Lipinski definition) is 3. The maximum atomic E-state index is 13.2. The molecule has 0 radical (unpaired) electrons. The maximum absolute atomic E-state index is 13.2. The first-order valence-electron chi connectivity index (χ1n) is 8.10. The molecule has 0 spiro atoms. The van der Waals surface area contributed by atoms with Gasteiger partial charge in [0, 0.05) is 5.39 Å². The van der Waals surface area contributed by atoms with E-state index in [4.69, 9.17) is 0 Å². The number of rotatable bonds is 3. The summed E-state index contributed by atoms with van der Waals surface area (Å²) >= 11 is 0. The van der Waals surface area contributed by atoms with Crippen molar-refractivity contribution in [3.63, 3.8) is 0 Å². The number of halogens is 3. The Morgan fingerprint density at radius 3 is 2.33 bits per heavy atom. The molecule has 1 aliphatic rings. The molecule has 0 bridgehead atoms. The van der Waals surface area contributed by atoms with Crippen LogP contribution in [0.15, 0.2) is 65.6 Å². The van der Waals surface area contributed by atoms with Crippen molar-refractivity contribution in [3.8, 4) is 0 Å². The summed E-state index contributed by atoms with van der Waals surface area (Å²) in [6.07, 6.45) is -6.29. The zero-order valence-electron chi connectivity index (χ0n) is 13.8. The number of β-amino-alcohol motifs (C(OH)–C–C–N with tert-alkyl or cyclic N) is 1. The number of nitrogens with zero attached hydrogens (tertiary/aromatic N) is 1. The molecule has 3 aromatic rings. The summed E-state index contributed by atoms with van der Waals surface area (Å²) in [5, 5.41) is 11.7. The number of anilines is 1. The first kappa shape index (κ1) is 17.8. The summed E-state index contributed by atoms with van der Waals surface area (Å²) < 4.78 is 66.5. The highest BCUT2D eigenvalue weighted by Crippen LogP contribution is 2.43. The fourth-order valence-corrected chi connectivity index (χ4v) is 5.17. The van der Waals surface area contributed by atoms with E-state index in [1.807, 2.05) is 0 Å². The largest absolute Gasteiger partial charge is 0.416 e. The minimum atomic E-state index is -4.65. The molecule has 1 unspecified atom stereocenters. The van der Waals surface area contributed by atoms with Crippen molar-refractivity contribution in [1.29, 1.82) is 0 Å². The number of hydrogen-bond donors (Lipinski definition) is 1. The fraction of sp³-hybridized carbons (Fsp3) is 0.158. The maximum Gasteiger partial charge on any atom is 0.416 e. The van der Waals surface area contributed by atoms with Gasteiger partial charge < -0.3 is 5.11 Å². The molecule has 0 fully saturated rings. The van der Waals surface area contributed by atoms with E-state index < -0.39 is 34.4 Å². The molecule has 1 aliphatic heterocycles. The van der Waals surface area contributed by atoms with E-state index >= 15 is 0 Å². The third kappa shape index (κ3) is 2.76. The van der Waals surface area contributed by atoms with Gasteiger partial charge in [-0.05, 0) is 29.1 Å². The van der Waals surface area contributed by atoms with Crippen molar-refractivity contribution in [2.24, 2.45) is 0 Å². The van der Waals surface area contributed by atoms with Crippen molar-refractivity contribution in [2.75, 3.05) is 10.8 Å². The fourth-order valence-electron chi connectivity index (χ4n) is 3.46. The summed E-state index contributed by atoms with van der Waals surface area (Å²) in [5.41, 5.74) is -0.986. The van der Waals surface area contributed by atoms with Gasteiger partial charge in [-0.15, -0.1) is 0 Å². The lowest BCUT2D eigenvalue weighted by Crippen LogP contribution is -2.32. The zero-order chi connectivity index (χ0) is 19.4. The molecular formula is C19H14F3NO3S. The summed E-state index contributed by atoms with van der Waals surface area (Å²) in [6.45, 7) is -0.511. The molecule has 0 saturated heterocycles. The van der Waals surface area contributed by atoms with E-state index in [1.165, 1.54) is 18.2 Å². The summed E-state index contributed by atoms with van der Waals surface area (Å²) in [7, 11) is -3.96. The van der Waals surface area contributed by atoms with Gasteiger partial charge in [-0.2, -0.15) is 13.2 Å². The Bertz CT molecular complexity index is 1140. The minimum Gasteiger partial charge on any atom is -0.386 e. The summed E-state index contributed by atoms with van der Waals surface area (Å²) in [4.78, 5) is 0.0897. The normalized spacial score (nSPS) is 16.7. The van der Waals surface area contributed by atoms with Crippen LogP contribution in [-0.2, 0) is 16.2 Å². The molecule has 27 heavy (non-hydrogen) atoms. The Balaban J connectivity index is 1.78. The molecule has 1 N–H and O–H groups in total. The first-order valence-corrected chi connectivity index (χ1v) is 9.54. The molecule has 1 atom stereocenters. The minimum absolute atomic E-state index is 0.0897. The van der Waals surface area contributed by atoms with Gasteiger partial charge >= 0.3 is 6.18 Å². The number of benzene rings is 3. The Hall–Kier alpha value is -2.58. The predicted molar refractivity (Wildman–Crippen MR) is 94.9 cm³/mol. The van der Waals surface area contributed by atoms with Crippen LogP contribution >= 0.6 is 0 Å². The van der Waals surface area contributed by atoms with Crippen LogP contribution in [0.1, 0.15) is 17.2 Å². The van der Waals surface area contributed by atoms with Crippen LogP contribution in [0.25, 0.3) is 10.8 Å². The van der Waals surface area contributed by atoms with E-state index in [2.05, 4.69) is 0 Å². The Morgan fingerprint density at radius 2 is 1.63 bits per heavy atom. The van der Waals surface area contributed by atoms with Crippen LogP contribution in [0.2, 0.25) is 0 Å². The number of aliphatic hydroxyl groups excluding tert-OH is 1. The summed E-state index contributed by atoms with van der Waals surface area (Å²) in [6, 6.07) is 14.5. The van der Waals surface area contributed by atoms with Gasteiger partial charge in [0.15, 0.2) is 0 Å². The average Bonchev–Trinajstić information content (AvgIpc) is 2.84. The van der Waals surface area contributed by atoms with Crippen molar-refractivity contribution in [2.45, 2.75) is 17.2 Å². The first-order chi connectivity index (χ1) is 12.7. The second-order valence-electron chi connectivity index (χ2n) is 6.27. The highest BCUT2D eigenvalue weighted by atomic mass is 32.2. The van der Waals surface area contributed by atoms with Crippen LogP contribution in [0.5, 0.6) is 0 Å². The molecule has 4 rings (SSSR count). The lowest BCUT2D eigenvalue weighted by Gasteiger charge is -2.24. The third-order valence-corrected chi connectivity index (χ3v) is 6.47. The predicted octanol–water partition coefficient (Wildman–Crippen LogP) is 4.10. The Labute approximate surface area is 153 Å². The second kappa shape index (κ2) is 5.97. The van der Waals surface area contributed by atoms with Crippen molar-refractivity contribution in [3.05, 3.63) is 71.8 Å². The second-order valence-corrected chi connectivity index (χ2v) is 8.10. The summed E-state index contributed by atoms with van der Waals surface area (Å²) in [5.74, 6) is 0. The van der Waals surface area contributed by atoms with Crippen molar-refractivity contribution >= 4 is 26.5 Å². The molecule has 4 nitrogen and oxygen atoms in total. The van der Waals surface area contributed by atoms with E-state index in [9.17, 15) is 26.7 Å². The molecule has 0 aliphatic carbocycles. The van der Waals surface area contributed by atoms with Crippen LogP contribution in [0, 0.1) is 0 Å². The number of alkyl halides is 3. The topological polar surface area (TPSA) is 57.6 Å². The molecule has 3 aromatic carbocycles. The van der Waals surface area contributed by atoms with Crippen LogP contribution < -0.4 is 4.31 Å². The van der Waals surface area contributed by atoms with Gasteiger partial charge in [0.05, 0.1) is 28.8 Å². The van der Waals surface area contributed by atoms with Crippen LogP contribution in [0.3, 0.4) is 0 Å². The lowest BCUT2D eigenvalue weighted by molar-refractivity contribution is -0.139. The molecule has 0 amide bonds. The number of aliphatic hydroxyl groups is 1. The van der Waals surface area contributed by atoms with Gasteiger partial charge in [0.2, 0.25) is 0 Å². The standard InChI is InChI=1S/C19H14F3NO3S/c20-19(21,22)14-8-2-1-7-13(14)16(24)11-23-15-9-3-5-12-6-4-10-17(18(12)15)27(23,25)26/h1-10,16,24H,11H2. The van der Waals surface area contributed by atoms with Gasteiger partial charge in [0.1, 0.15) is 0 Å². The monoisotopic (exact) mass is 393 g/mol.